The molecule has 0 bridgehead atoms. The predicted octanol–water partition coefficient (Wildman–Crippen LogP) is 2.00. The number of halogens is 2. The van der Waals surface area contributed by atoms with E-state index in [4.69, 9.17) is 5.73 Å². The average Bonchev–Trinajstić information content (AvgIpc) is 2.35. The highest BCUT2D eigenvalue weighted by Crippen LogP contribution is 2.17. The van der Waals surface area contributed by atoms with Crippen LogP contribution in [0.3, 0.4) is 0 Å². The Kier molecular flexibility index (Phi) is 3.39. The van der Waals surface area contributed by atoms with Gasteiger partial charge in [0.2, 0.25) is 0 Å². The minimum atomic E-state index is -0.478. The van der Waals surface area contributed by atoms with Crippen LogP contribution in [0.5, 0.6) is 0 Å². The number of hydrogen-bond donors (Lipinski definition) is 1. The largest absolute Gasteiger partial charge is 0.322 e. The molecule has 5 heteroatoms. The van der Waals surface area contributed by atoms with Crippen LogP contribution in [0.25, 0.3) is 0 Å². The standard InChI is InChI=1S/C12H11F2N3/c13-9-1-2-10(14)8(5-9)6-11(15)12-3-4-16-7-17-12/h1-5,7,11H,6,15H2. The molecule has 17 heavy (non-hydrogen) atoms. The van der Waals surface area contributed by atoms with E-state index in [1.165, 1.54) is 6.33 Å². The number of aromatic nitrogens is 2. The molecule has 0 amide bonds. The van der Waals surface area contributed by atoms with Crippen molar-refractivity contribution in [2.45, 2.75) is 12.5 Å². The number of nitrogens with zero attached hydrogens (tertiary/aromatic N) is 2. The molecule has 0 aliphatic heterocycles. The summed E-state index contributed by atoms with van der Waals surface area (Å²) in [6.07, 6.45) is 3.13. The first kappa shape index (κ1) is 11.6. The van der Waals surface area contributed by atoms with Crippen LogP contribution in [-0.2, 0) is 6.42 Å². The van der Waals surface area contributed by atoms with Crippen molar-refractivity contribution in [3.05, 3.63) is 59.7 Å². The Hall–Kier alpha value is -1.88. The molecule has 1 aromatic carbocycles. The highest BCUT2D eigenvalue weighted by molar-refractivity contribution is 5.21. The van der Waals surface area contributed by atoms with Crippen LogP contribution in [0.2, 0.25) is 0 Å². The van der Waals surface area contributed by atoms with Crippen molar-refractivity contribution in [3.63, 3.8) is 0 Å². The first-order valence-corrected chi connectivity index (χ1v) is 5.12. The fourth-order valence-electron chi connectivity index (χ4n) is 1.56. The van der Waals surface area contributed by atoms with Gasteiger partial charge in [0.15, 0.2) is 0 Å². The Morgan fingerprint density at radius 2 is 2.06 bits per heavy atom. The van der Waals surface area contributed by atoms with Crippen molar-refractivity contribution in [2.75, 3.05) is 0 Å². The Labute approximate surface area is 97.3 Å². The highest BCUT2D eigenvalue weighted by Gasteiger charge is 2.12. The third-order valence-electron chi connectivity index (χ3n) is 2.43. The summed E-state index contributed by atoms with van der Waals surface area (Å²) in [5.74, 6) is -0.938. The number of benzene rings is 1. The first-order valence-electron chi connectivity index (χ1n) is 5.12. The molecule has 1 heterocycles. The molecule has 0 saturated carbocycles. The maximum atomic E-state index is 13.4. The van der Waals surface area contributed by atoms with Crippen LogP contribution >= 0.6 is 0 Å². The Morgan fingerprint density at radius 1 is 1.24 bits per heavy atom. The van der Waals surface area contributed by atoms with Crippen molar-refractivity contribution >= 4 is 0 Å². The Morgan fingerprint density at radius 3 is 2.76 bits per heavy atom. The molecule has 0 radical (unpaired) electrons. The van der Waals surface area contributed by atoms with Gasteiger partial charge in [-0.3, -0.25) is 0 Å². The third-order valence-corrected chi connectivity index (χ3v) is 2.43. The van der Waals surface area contributed by atoms with Gasteiger partial charge in [0.1, 0.15) is 18.0 Å². The molecular weight excluding hydrogens is 224 g/mol. The molecular formula is C12H11F2N3. The quantitative estimate of drug-likeness (QED) is 0.885. The summed E-state index contributed by atoms with van der Waals surface area (Å²) in [6.45, 7) is 0. The summed E-state index contributed by atoms with van der Waals surface area (Å²) >= 11 is 0. The van der Waals surface area contributed by atoms with Crippen molar-refractivity contribution in [3.8, 4) is 0 Å². The fourth-order valence-corrected chi connectivity index (χ4v) is 1.56. The van der Waals surface area contributed by atoms with Gasteiger partial charge in [0.05, 0.1) is 11.7 Å². The second kappa shape index (κ2) is 4.97. The SMILES string of the molecule is NC(Cc1cc(F)ccc1F)c1ccncn1. The van der Waals surface area contributed by atoms with Crippen molar-refractivity contribution in [1.29, 1.82) is 0 Å². The fraction of sp³-hybridized carbons (Fsp3) is 0.167. The lowest BCUT2D eigenvalue weighted by Crippen LogP contribution is -2.15. The molecule has 0 spiro atoms. The van der Waals surface area contributed by atoms with Gasteiger partial charge in [-0.2, -0.15) is 0 Å². The number of rotatable bonds is 3. The summed E-state index contributed by atoms with van der Waals surface area (Å²) in [4.78, 5) is 7.74. The molecule has 3 nitrogen and oxygen atoms in total. The lowest BCUT2D eigenvalue weighted by Gasteiger charge is -2.11. The second-order valence-electron chi connectivity index (χ2n) is 3.68. The Bertz CT molecular complexity index is 502. The second-order valence-corrected chi connectivity index (χ2v) is 3.68. The van der Waals surface area contributed by atoms with Gasteiger partial charge >= 0.3 is 0 Å². The van der Waals surface area contributed by atoms with Gasteiger partial charge in [-0.15, -0.1) is 0 Å². The molecule has 2 N–H and O–H groups in total. The minimum absolute atomic E-state index is 0.195. The Balaban J connectivity index is 2.18. The predicted molar refractivity (Wildman–Crippen MR) is 59.0 cm³/mol. The molecule has 2 rings (SSSR count). The van der Waals surface area contributed by atoms with E-state index >= 15 is 0 Å². The zero-order chi connectivity index (χ0) is 12.3. The van der Waals surface area contributed by atoms with Gasteiger partial charge in [-0.25, -0.2) is 18.7 Å². The van der Waals surface area contributed by atoms with Crippen LogP contribution in [0.4, 0.5) is 8.78 Å². The molecule has 2 aromatic rings. The lowest BCUT2D eigenvalue weighted by atomic mass is 10.0. The summed E-state index contributed by atoms with van der Waals surface area (Å²) in [6, 6.07) is 4.50. The molecule has 0 aliphatic carbocycles. The van der Waals surface area contributed by atoms with Crippen LogP contribution in [0.15, 0.2) is 36.8 Å². The van der Waals surface area contributed by atoms with Crippen LogP contribution < -0.4 is 5.73 Å². The van der Waals surface area contributed by atoms with Gasteiger partial charge in [0, 0.05) is 6.20 Å². The van der Waals surface area contributed by atoms with Gasteiger partial charge in [-0.05, 0) is 36.2 Å². The van der Waals surface area contributed by atoms with Crippen LogP contribution in [-0.4, -0.2) is 9.97 Å². The maximum absolute atomic E-state index is 13.4. The molecule has 0 fully saturated rings. The molecule has 0 aliphatic rings. The monoisotopic (exact) mass is 235 g/mol. The summed E-state index contributed by atoms with van der Waals surface area (Å²) in [5, 5.41) is 0. The summed E-state index contributed by atoms with van der Waals surface area (Å²) < 4.78 is 26.4. The molecule has 1 unspecified atom stereocenters. The van der Waals surface area contributed by atoms with Gasteiger partial charge < -0.3 is 5.73 Å². The smallest absolute Gasteiger partial charge is 0.126 e. The van der Waals surface area contributed by atoms with Crippen LogP contribution in [0.1, 0.15) is 17.3 Å². The zero-order valence-electron chi connectivity index (χ0n) is 8.98. The van der Waals surface area contributed by atoms with Crippen molar-refractivity contribution in [2.24, 2.45) is 5.73 Å². The minimum Gasteiger partial charge on any atom is -0.322 e. The normalized spacial score (nSPS) is 12.4. The van der Waals surface area contributed by atoms with Crippen molar-refractivity contribution < 1.29 is 8.78 Å². The van der Waals surface area contributed by atoms with E-state index in [1.54, 1.807) is 12.3 Å². The highest BCUT2D eigenvalue weighted by atomic mass is 19.1. The summed E-state index contributed by atoms with van der Waals surface area (Å²) in [7, 11) is 0. The zero-order valence-corrected chi connectivity index (χ0v) is 8.98. The lowest BCUT2D eigenvalue weighted by molar-refractivity contribution is 0.570. The van der Waals surface area contributed by atoms with E-state index < -0.39 is 17.7 Å². The molecule has 88 valence electrons. The molecule has 0 saturated heterocycles. The van der Waals surface area contributed by atoms with E-state index in [2.05, 4.69) is 9.97 Å². The maximum Gasteiger partial charge on any atom is 0.126 e. The number of nitrogens with two attached hydrogens (primary N) is 1. The van der Waals surface area contributed by atoms with Gasteiger partial charge in [0.25, 0.3) is 0 Å². The topological polar surface area (TPSA) is 51.8 Å². The first-order chi connectivity index (χ1) is 8.16. The van der Waals surface area contributed by atoms with E-state index in [0.29, 0.717) is 5.69 Å². The average molecular weight is 235 g/mol. The van der Waals surface area contributed by atoms with E-state index in [1.807, 2.05) is 0 Å². The molecule has 1 aromatic heterocycles. The van der Waals surface area contributed by atoms with E-state index in [-0.39, 0.29) is 12.0 Å². The summed E-state index contributed by atoms with van der Waals surface area (Å²) in [5.41, 5.74) is 6.71. The van der Waals surface area contributed by atoms with E-state index in [0.717, 1.165) is 18.2 Å². The van der Waals surface area contributed by atoms with Crippen molar-refractivity contribution in [1.82, 2.24) is 9.97 Å². The number of hydrogen-bond acceptors (Lipinski definition) is 3. The third kappa shape index (κ3) is 2.82. The van der Waals surface area contributed by atoms with E-state index in [9.17, 15) is 8.78 Å². The van der Waals surface area contributed by atoms with Gasteiger partial charge in [-0.1, -0.05) is 0 Å². The molecule has 1 atom stereocenters. The van der Waals surface area contributed by atoms with Crippen LogP contribution in [0, 0.1) is 11.6 Å².